The number of nitrogens with one attached hydrogen (secondary N) is 2. The normalized spacial score (nSPS) is 11.2. The Kier molecular flexibility index (Phi) is 7.32. The third-order valence-corrected chi connectivity index (χ3v) is 2.86. The van der Waals surface area contributed by atoms with E-state index in [-0.39, 0.29) is 25.1 Å². The van der Waals surface area contributed by atoms with Crippen molar-refractivity contribution in [1.29, 1.82) is 0 Å². The Morgan fingerprint density at radius 1 is 1.26 bits per heavy atom. The van der Waals surface area contributed by atoms with E-state index in [1.807, 2.05) is 0 Å². The van der Waals surface area contributed by atoms with Gasteiger partial charge in [0.05, 0.1) is 19.0 Å². The number of urea groups is 1. The number of carboxylic acids is 1. The van der Waals surface area contributed by atoms with E-state index >= 15 is 0 Å². The minimum atomic E-state index is -1.02. The third kappa shape index (κ3) is 7.12. The molecule has 0 saturated carbocycles. The average molecular weight is 320 g/mol. The summed E-state index contributed by atoms with van der Waals surface area (Å²) in [5, 5.41) is 14.0. The molecule has 7 heteroatoms. The average Bonchev–Trinajstić information content (AvgIpc) is 2.51. The van der Waals surface area contributed by atoms with Crippen LogP contribution in [-0.2, 0) is 14.3 Å². The Morgan fingerprint density at radius 3 is 2.48 bits per heavy atom. The van der Waals surface area contributed by atoms with Gasteiger partial charge in [-0.25, -0.2) is 9.59 Å². The monoisotopic (exact) mass is 320 g/mol. The molecule has 1 aromatic rings. The van der Waals surface area contributed by atoms with Crippen molar-refractivity contribution in [2.75, 3.05) is 13.2 Å². The molecule has 124 valence electrons. The molecule has 1 aromatic carbocycles. The van der Waals surface area contributed by atoms with Crippen LogP contribution in [0.1, 0.15) is 24.9 Å². The van der Waals surface area contributed by atoms with Gasteiger partial charge in [0, 0.05) is 5.57 Å². The summed E-state index contributed by atoms with van der Waals surface area (Å²) in [4.78, 5) is 33.9. The first kappa shape index (κ1) is 18.2. The molecule has 7 nitrogen and oxygen atoms in total. The van der Waals surface area contributed by atoms with E-state index in [0.29, 0.717) is 5.56 Å². The van der Waals surface area contributed by atoms with Gasteiger partial charge in [0.1, 0.15) is 6.61 Å². The lowest BCUT2D eigenvalue weighted by atomic mass is 10.0. The molecule has 3 N–H and O–H groups in total. The Bertz CT molecular complexity index is 571. The van der Waals surface area contributed by atoms with Crippen LogP contribution in [0.25, 0.3) is 0 Å². The summed E-state index contributed by atoms with van der Waals surface area (Å²) < 4.78 is 4.83. The Balaban J connectivity index is 2.46. The fourth-order valence-electron chi connectivity index (χ4n) is 1.75. The van der Waals surface area contributed by atoms with Gasteiger partial charge >= 0.3 is 18.0 Å². The minimum absolute atomic E-state index is 0.00798. The van der Waals surface area contributed by atoms with Crippen LogP contribution in [0, 0.1) is 0 Å². The number of carbonyl (C=O) groups excluding carboxylic acids is 2. The van der Waals surface area contributed by atoms with E-state index in [0.717, 1.165) is 0 Å². The molecule has 1 rings (SSSR count). The number of ether oxygens (including phenoxy) is 1. The maximum absolute atomic E-state index is 11.8. The first-order chi connectivity index (χ1) is 10.9. The minimum Gasteiger partial charge on any atom is -0.481 e. The summed E-state index contributed by atoms with van der Waals surface area (Å²) in [7, 11) is 0. The van der Waals surface area contributed by atoms with Crippen LogP contribution < -0.4 is 10.6 Å². The number of rotatable bonds is 8. The van der Waals surface area contributed by atoms with Gasteiger partial charge in [-0.3, -0.25) is 4.79 Å². The molecule has 1 atom stereocenters. The van der Waals surface area contributed by atoms with E-state index in [4.69, 9.17) is 9.84 Å². The molecule has 0 fully saturated rings. The van der Waals surface area contributed by atoms with Crippen LogP contribution in [0.15, 0.2) is 42.5 Å². The Hall–Kier alpha value is -2.83. The molecule has 23 heavy (non-hydrogen) atoms. The molecule has 0 bridgehead atoms. The smallest absolute Gasteiger partial charge is 0.333 e. The van der Waals surface area contributed by atoms with Crippen molar-refractivity contribution in [1.82, 2.24) is 10.6 Å². The van der Waals surface area contributed by atoms with Gasteiger partial charge in [0.2, 0.25) is 0 Å². The molecule has 0 saturated heterocycles. The second-order valence-corrected chi connectivity index (χ2v) is 4.88. The van der Waals surface area contributed by atoms with Crippen molar-refractivity contribution in [3.05, 3.63) is 48.0 Å². The van der Waals surface area contributed by atoms with Crippen molar-refractivity contribution in [2.45, 2.75) is 19.4 Å². The van der Waals surface area contributed by atoms with Crippen LogP contribution in [-0.4, -0.2) is 36.2 Å². The summed E-state index contributed by atoms with van der Waals surface area (Å²) in [6, 6.07) is 7.63. The molecule has 0 aliphatic rings. The molecular formula is C16H20N2O5. The van der Waals surface area contributed by atoms with Crippen LogP contribution >= 0.6 is 0 Å². The topological polar surface area (TPSA) is 105 Å². The van der Waals surface area contributed by atoms with Crippen molar-refractivity contribution >= 4 is 18.0 Å². The molecule has 0 aliphatic carbocycles. The highest BCUT2D eigenvalue weighted by Gasteiger charge is 2.17. The molecule has 0 aromatic heterocycles. The number of aliphatic carboxylic acids is 1. The lowest BCUT2D eigenvalue weighted by Gasteiger charge is -2.18. The standard InChI is InChI=1S/C16H20N2O5/c1-11(2)15(21)23-9-8-17-16(22)18-13(10-14(19)20)12-6-4-3-5-7-12/h3-7,13H,1,8-10H2,2H3,(H,19,20)(H2,17,18,22). The number of benzene rings is 1. The van der Waals surface area contributed by atoms with Gasteiger partial charge < -0.3 is 20.5 Å². The molecular weight excluding hydrogens is 300 g/mol. The number of amides is 2. The maximum atomic E-state index is 11.8. The van der Waals surface area contributed by atoms with Crippen LogP contribution in [0.3, 0.4) is 0 Å². The summed E-state index contributed by atoms with van der Waals surface area (Å²) in [6.45, 7) is 5.08. The number of esters is 1. The number of hydrogen-bond donors (Lipinski definition) is 3. The van der Waals surface area contributed by atoms with Gasteiger partial charge in [0.25, 0.3) is 0 Å². The SMILES string of the molecule is C=C(C)C(=O)OCCNC(=O)NC(CC(=O)O)c1ccccc1. The van der Waals surface area contributed by atoms with E-state index in [1.165, 1.54) is 6.92 Å². The second kappa shape index (κ2) is 9.24. The Labute approximate surface area is 134 Å². The van der Waals surface area contributed by atoms with Crippen LogP contribution in [0.5, 0.6) is 0 Å². The molecule has 0 radical (unpaired) electrons. The highest BCUT2D eigenvalue weighted by molar-refractivity contribution is 5.86. The van der Waals surface area contributed by atoms with Crippen molar-refractivity contribution < 1.29 is 24.2 Å². The highest BCUT2D eigenvalue weighted by atomic mass is 16.5. The fraction of sp³-hybridized carbons (Fsp3) is 0.312. The summed E-state index contributed by atoms with van der Waals surface area (Å²) in [6.07, 6.45) is -0.234. The number of carboxylic acid groups (broad SMARTS) is 1. The number of carbonyl (C=O) groups is 3. The van der Waals surface area contributed by atoms with Gasteiger partial charge in [-0.05, 0) is 12.5 Å². The third-order valence-electron chi connectivity index (χ3n) is 2.86. The second-order valence-electron chi connectivity index (χ2n) is 4.88. The lowest BCUT2D eigenvalue weighted by Crippen LogP contribution is -2.40. The van der Waals surface area contributed by atoms with Crippen LogP contribution in [0.2, 0.25) is 0 Å². The first-order valence-electron chi connectivity index (χ1n) is 7.04. The predicted octanol–water partition coefficient (Wildman–Crippen LogP) is 1.62. The lowest BCUT2D eigenvalue weighted by molar-refractivity contribution is -0.139. The quantitative estimate of drug-likeness (QED) is 0.383. The van der Waals surface area contributed by atoms with Gasteiger partial charge in [0.15, 0.2) is 0 Å². The molecule has 2 amide bonds. The van der Waals surface area contributed by atoms with Crippen molar-refractivity contribution in [2.24, 2.45) is 0 Å². The van der Waals surface area contributed by atoms with Crippen molar-refractivity contribution in [3.8, 4) is 0 Å². The highest BCUT2D eigenvalue weighted by Crippen LogP contribution is 2.16. The number of hydrogen-bond acceptors (Lipinski definition) is 4. The zero-order valence-electron chi connectivity index (χ0n) is 12.9. The zero-order chi connectivity index (χ0) is 17.2. The molecule has 1 unspecified atom stereocenters. The van der Waals surface area contributed by atoms with Gasteiger partial charge in [-0.15, -0.1) is 0 Å². The van der Waals surface area contributed by atoms with Crippen LogP contribution in [0.4, 0.5) is 4.79 Å². The summed E-state index contributed by atoms with van der Waals surface area (Å²) in [5.74, 6) is -1.55. The largest absolute Gasteiger partial charge is 0.481 e. The first-order valence-corrected chi connectivity index (χ1v) is 7.04. The molecule has 0 heterocycles. The van der Waals surface area contributed by atoms with Gasteiger partial charge in [-0.1, -0.05) is 36.9 Å². The van der Waals surface area contributed by atoms with E-state index in [9.17, 15) is 14.4 Å². The predicted molar refractivity (Wildman–Crippen MR) is 83.7 cm³/mol. The Morgan fingerprint density at radius 2 is 1.91 bits per heavy atom. The van der Waals surface area contributed by atoms with Gasteiger partial charge in [-0.2, -0.15) is 0 Å². The zero-order valence-corrected chi connectivity index (χ0v) is 12.9. The fourth-order valence-corrected chi connectivity index (χ4v) is 1.75. The molecule has 0 spiro atoms. The summed E-state index contributed by atoms with van der Waals surface area (Å²) in [5.41, 5.74) is 0.971. The molecule has 0 aliphatic heterocycles. The van der Waals surface area contributed by atoms with Crippen molar-refractivity contribution in [3.63, 3.8) is 0 Å². The summed E-state index contributed by atoms with van der Waals surface area (Å²) >= 11 is 0. The van der Waals surface area contributed by atoms with E-state index in [1.54, 1.807) is 30.3 Å². The van der Waals surface area contributed by atoms with E-state index in [2.05, 4.69) is 17.2 Å². The maximum Gasteiger partial charge on any atom is 0.333 e. The van der Waals surface area contributed by atoms with E-state index < -0.39 is 24.0 Å².